The van der Waals surface area contributed by atoms with Gasteiger partial charge in [0.25, 0.3) is 0 Å². The molecule has 0 saturated carbocycles. The van der Waals surface area contributed by atoms with Gasteiger partial charge in [0.2, 0.25) is 0 Å². The topological polar surface area (TPSA) is 38.3 Å². The Kier molecular flexibility index (Phi) is 9.60. The van der Waals surface area contributed by atoms with Crippen molar-refractivity contribution < 1.29 is 13.9 Å². The average molecular weight is 289 g/mol. The van der Waals surface area contributed by atoms with E-state index in [1.165, 1.54) is 0 Å². The van der Waals surface area contributed by atoms with Crippen LogP contribution in [0.5, 0.6) is 0 Å². The van der Waals surface area contributed by atoms with E-state index in [2.05, 4.69) is 12.2 Å². The fourth-order valence-electron chi connectivity index (χ4n) is 2.23. The molecule has 1 N–H and O–H groups in total. The van der Waals surface area contributed by atoms with Gasteiger partial charge in [-0.25, -0.2) is 4.79 Å². The highest BCUT2D eigenvalue weighted by atomic mass is 19.1. The molecule has 0 aliphatic carbocycles. The molecule has 0 aliphatic rings. The molecule has 0 aliphatic heterocycles. The minimum Gasteiger partial charge on any atom is -0.444 e. The van der Waals surface area contributed by atoms with Gasteiger partial charge >= 0.3 is 6.09 Å². The minimum atomic E-state index is -0.453. The van der Waals surface area contributed by atoms with Crippen molar-refractivity contribution in [2.75, 3.05) is 6.67 Å². The molecule has 4 heteroatoms. The number of unbranched alkanes of at least 4 members (excludes halogenated alkanes) is 3. The summed E-state index contributed by atoms with van der Waals surface area (Å²) in [7, 11) is 0. The van der Waals surface area contributed by atoms with Gasteiger partial charge in [-0.05, 0) is 46.5 Å². The number of amides is 1. The van der Waals surface area contributed by atoms with E-state index in [4.69, 9.17) is 4.74 Å². The number of hydrogen-bond donors (Lipinski definition) is 1. The van der Waals surface area contributed by atoms with E-state index in [1.54, 1.807) is 0 Å². The highest BCUT2D eigenvalue weighted by Crippen LogP contribution is 2.16. The molecule has 0 aromatic heterocycles. The molecule has 120 valence electrons. The van der Waals surface area contributed by atoms with Gasteiger partial charge in [0, 0.05) is 6.04 Å². The first kappa shape index (κ1) is 19.2. The van der Waals surface area contributed by atoms with Gasteiger partial charge in [-0.2, -0.15) is 0 Å². The standard InChI is InChI=1S/C16H32FNO2/c1-13(10-8-6-7-9-11-17)12-14(2)18-15(19)20-16(3,4)5/h13-14H,6-12H2,1-5H3,(H,18,19). The average Bonchev–Trinajstić information content (AvgIpc) is 2.25. The summed E-state index contributed by atoms with van der Waals surface area (Å²) in [5.41, 5.74) is -0.453. The van der Waals surface area contributed by atoms with E-state index < -0.39 is 5.60 Å². The fourth-order valence-corrected chi connectivity index (χ4v) is 2.23. The molecular formula is C16H32FNO2. The second kappa shape index (κ2) is 10.0. The molecule has 0 bridgehead atoms. The quantitative estimate of drug-likeness (QED) is 0.616. The number of alkyl carbamates (subject to hydrolysis) is 1. The third kappa shape index (κ3) is 12.2. The Bertz CT molecular complexity index is 264. The summed E-state index contributed by atoms with van der Waals surface area (Å²) in [6.07, 6.45) is 5.64. The molecule has 20 heavy (non-hydrogen) atoms. The number of rotatable bonds is 9. The van der Waals surface area contributed by atoms with Crippen LogP contribution in [0.1, 0.15) is 73.1 Å². The first-order valence-electron chi connectivity index (χ1n) is 7.80. The summed E-state index contributed by atoms with van der Waals surface area (Å²) in [4.78, 5) is 11.6. The maximum absolute atomic E-state index is 11.9. The summed E-state index contributed by atoms with van der Waals surface area (Å²) in [6, 6.07) is 0.116. The van der Waals surface area contributed by atoms with Gasteiger partial charge in [0.05, 0.1) is 6.67 Å². The highest BCUT2D eigenvalue weighted by molar-refractivity contribution is 5.67. The van der Waals surface area contributed by atoms with Crippen LogP contribution in [0.4, 0.5) is 9.18 Å². The number of carbonyl (C=O) groups is 1. The molecule has 0 saturated heterocycles. The maximum atomic E-state index is 11.9. The number of carbonyl (C=O) groups excluding carboxylic acids is 1. The molecule has 0 fully saturated rings. The largest absolute Gasteiger partial charge is 0.444 e. The van der Waals surface area contributed by atoms with E-state index in [1.807, 2.05) is 27.7 Å². The summed E-state index contributed by atoms with van der Waals surface area (Å²) in [5, 5.41) is 2.87. The smallest absolute Gasteiger partial charge is 0.407 e. The molecule has 0 aromatic carbocycles. The predicted molar refractivity (Wildman–Crippen MR) is 81.7 cm³/mol. The van der Waals surface area contributed by atoms with Gasteiger partial charge in [0.1, 0.15) is 5.60 Å². The third-order valence-corrected chi connectivity index (χ3v) is 3.10. The molecule has 2 unspecified atom stereocenters. The predicted octanol–water partition coefficient (Wildman–Crippen LogP) is 4.85. The third-order valence-electron chi connectivity index (χ3n) is 3.10. The fraction of sp³-hybridized carbons (Fsp3) is 0.938. The summed E-state index contributed by atoms with van der Waals surface area (Å²) in [6.45, 7) is 9.57. The normalized spacial score (nSPS) is 14.7. The van der Waals surface area contributed by atoms with Crippen molar-refractivity contribution in [1.82, 2.24) is 5.32 Å². The Balaban J connectivity index is 3.73. The van der Waals surface area contributed by atoms with Crippen LogP contribution >= 0.6 is 0 Å². The van der Waals surface area contributed by atoms with Crippen molar-refractivity contribution in [2.45, 2.75) is 84.8 Å². The summed E-state index contributed by atoms with van der Waals surface area (Å²) < 4.78 is 17.2. The number of hydrogen-bond acceptors (Lipinski definition) is 2. The molecule has 0 heterocycles. The van der Waals surface area contributed by atoms with Crippen molar-refractivity contribution in [3.05, 3.63) is 0 Å². The van der Waals surface area contributed by atoms with Gasteiger partial charge in [0.15, 0.2) is 0 Å². The number of nitrogens with one attached hydrogen (secondary N) is 1. The molecule has 2 atom stereocenters. The monoisotopic (exact) mass is 289 g/mol. The Morgan fingerprint density at radius 2 is 1.75 bits per heavy atom. The molecule has 0 spiro atoms. The molecule has 3 nitrogen and oxygen atoms in total. The van der Waals surface area contributed by atoms with Crippen LogP contribution in [0.25, 0.3) is 0 Å². The number of alkyl halides is 1. The lowest BCUT2D eigenvalue weighted by Crippen LogP contribution is -2.38. The first-order valence-corrected chi connectivity index (χ1v) is 7.80. The minimum absolute atomic E-state index is 0.116. The van der Waals surface area contributed by atoms with E-state index in [0.29, 0.717) is 12.3 Å². The molecule has 0 radical (unpaired) electrons. The Morgan fingerprint density at radius 1 is 1.15 bits per heavy atom. The Hall–Kier alpha value is -0.800. The van der Waals surface area contributed by atoms with E-state index in [9.17, 15) is 9.18 Å². The number of halogens is 1. The Morgan fingerprint density at radius 3 is 2.30 bits per heavy atom. The lowest BCUT2D eigenvalue weighted by Gasteiger charge is -2.23. The van der Waals surface area contributed by atoms with E-state index >= 15 is 0 Å². The molecular weight excluding hydrogens is 257 g/mol. The van der Waals surface area contributed by atoms with Gasteiger partial charge in [-0.3, -0.25) is 4.39 Å². The van der Waals surface area contributed by atoms with Crippen LogP contribution in [0.15, 0.2) is 0 Å². The lowest BCUT2D eigenvalue weighted by molar-refractivity contribution is 0.0502. The molecule has 0 aromatic rings. The SMILES string of the molecule is CC(CCCCCCF)CC(C)NC(=O)OC(C)(C)C. The zero-order valence-electron chi connectivity index (χ0n) is 13.8. The van der Waals surface area contributed by atoms with Gasteiger partial charge in [-0.1, -0.05) is 32.6 Å². The lowest BCUT2D eigenvalue weighted by atomic mass is 9.96. The van der Waals surface area contributed by atoms with E-state index in [0.717, 1.165) is 32.1 Å². The Labute approximate surface area is 123 Å². The number of ether oxygens (including phenoxy) is 1. The van der Waals surface area contributed by atoms with Gasteiger partial charge < -0.3 is 10.1 Å². The van der Waals surface area contributed by atoms with Crippen molar-refractivity contribution in [1.29, 1.82) is 0 Å². The second-order valence-corrected chi connectivity index (χ2v) is 6.78. The van der Waals surface area contributed by atoms with Crippen LogP contribution in [0.3, 0.4) is 0 Å². The first-order chi connectivity index (χ1) is 9.24. The van der Waals surface area contributed by atoms with Crippen molar-refractivity contribution in [3.63, 3.8) is 0 Å². The second-order valence-electron chi connectivity index (χ2n) is 6.78. The maximum Gasteiger partial charge on any atom is 0.407 e. The van der Waals surface area contributed by atoms with Gasteiger partial charge in [-0.15, -0.1) is 0 Å². The molecule has 0 rings (SSSR count). The molecule has 1 amide bonds. The van der Waals surface area contributed by atoms with Crippen molar-refractivity contribution in [2.24, 2.45) is 5.92 Å². The zero-order chi connectivity index (χ0) is 15.6. The van der Waals surface area contributed by atoms with Crippen LogP contribution in [0, 0.1) is 5.92 Å². The van der Waals surface area contributed by atoms with Crippen LogP contribution in [-0.4, -0.2) is 24.4 Å². The summed E-state index contributed by atoms with van der Waals surface area (Å²) in [5.74, 6) is 0.560. The van der Waals surface area contributed by atoms with Crippen LogP contribution in [0.2, 0.25) is 0 Å². The highest BCUT2D eigenvalue weighted by Gasteiger charge is 2.18. The van der Waals surface area contributed by atoms with E-state index in [-0.39, 0.29) is 18.8 Å². The van der Waals surface area contributed by atoms with Crippen molar-refractivity contribution in [3.8, 4) is 0 Å². The summed E-state index contributed by atoms with van der Waals surface area (Å²) >= 11 is 0. The van der Waals surface area contributed by atoms with Crippen molar-refractivity contribution >= 4 is 6.09 Å². The zero-order valence-corrected chi connectivity index (χ0v) is 13.8. The van der Waals surface area contributed by atoms with Crippen LogP contribution in [-0.2, 0) is 4.74 Å². The van der Waals surface area contributed by atoms with Crippen LogP contribution < -0.4 is 5.32 Å².